The summed E-state index contributed by atoms with van der Waals surface area (Å²) in [5, 5.41) is 4.30. The molecule has 0 saturated heterocycles. The van der Waals surface area contributed by atoms with Gasteiger partial charge in [-0.2, -0.15) is 0 Å². The molecule has 0 heterocycles. The lowest BCUT2D eigenvalue weighted by atomic mass is 10.1. The molecule has 0 spiro atoms. The number of benzene rings is 1. The smallest absolute Gasteiger partial charge is 0.275 e. The number of likely N-dealkylation sites (N-methyl/N-ethyl adjacent to an activating group) is 1. The molecule has 5 heteroatoms. The van der Waals surface area contributed by atoms with Crippen molar-refractivity contribution in [2.24, 2.45) is 0 Å². The van der Waals surface area contributed by atoms with E-state index < -0.39 is 0 Å². The van der Waals surface area contributed by atoms with Crippen molar-refractivity contribution in [3.8, 4) is 0 Å². The topological polar surface area (TPSA) is 29.1 Å². The van der Waals surface area contributed by atoms with Crippen LogP contribution in [-0.2, 0) is 11.2 Å². The van der Waals surface area contributed by atoms with Crippen LogP contribution in [0.3, 0.4) is 0 Å². The SMILES string of the molecule is C[N+](C)(CC(=O)NCCc1ccc(Cl)cc1Cl)C1CCCC1. The zero-order valence-corrected chi connectivity index (χ0v) is 14.9. The Hall–Kier alpha value is -0.770. The number of hydrogen-bond donors (Lipinski definition) is 1. The summed E-state index contributed by atoms with van der Waals surface area (Å²) in [6, 6.07) is 6.09. The van der Waals surface area contributed by atoms with Crippen molar-refractivity contribution in [2.75, 3.05) is 27.2 Å². The largest absolute Gasteiger partial charge is 0.351 e. The molecule has 22 heavy (non-hydrogen) atoms. The van der Waals surface area contributed by atoms with E-state index in [4.69, 9.17) is 23.2 Å². The summed E-state index contributed by atoms with van der Waals surface area (Å²) in [6.45, 7) is 1.14. The summed E-state index contributed by atoms with van der Waals surface area (Å²) < 4.78 is 0.785. The maximum absolute atomic E-state index is 12.2. The minimum atomic E-state index is 0.113. The number of carbonyl (C=O) groups excluding carboxylic acids is 1. The lowest BCUT2D eigenvalue weighted by molar-refractivity contribution is -0.906. The van der Waals surface area contributed by atoms with Crippen molar-refractivity contribution in [2.45, 2.75) is 38.1 Å². The summed E-state index contributed by atoms with van der Waals surface area (Å²) in [5.74, 6) is 0.113. The van der Waals surface area contributed by atoms with Gasteiger partial charge in [0.15, 0.2) is 6.54 Å². The van der Waals surface area contributed by atoms with Gasteiger partial charge in [0.2, 0.25) is 0 Å². The molecule has 0 radical (unpaired) electrons. The van der Waals surface area contributed by atoms with E-state index >= 15 is 0 Å². The van der Waals surface area contributed by atoms with Crippen LogP contribution in [0.25, 0.3) is 0 Å². The van der Waals surface area contributed by atoms with Crippen LogP contribution in [0.1, 0.15) is 31.2 Å². The lowest BCUT2D eigenvalue weighted by Gasteiger charge is -2.35. The minimum Gasteiger partial charge on any atom is -0.351 e. The van der Waals surface area contributed by atoms with Crippen molar-refractivity contribution in [3.63, 3.8) is 0 Å². The highest BCUT2D eigenvalue weighted by Crippen LogP contribution is 2.26. The quantitative estimate of drug-likeness (QED) is 0.784. The Morgan fingerprint density at radius 1 is 1.27 bits per heavy atom. The van der Waals surface area contributed by atoms with Gasteiger partial charge in [-0.05, 0) is 49.8 Å². The molecule has 0 bridgehead atoms. The fourth-order valence-corrected chi connectivity index (χ4v) is 3.72. The molecule has 1 aliphatic carbocycles. The van der Waals surface area contributed by atoms with Crippen molar-refractivity contribution in [1.29, 1.82) is 0 Å². The highest BCUT2D eigenvalue weighted by molar-refractivity contribution is 6.35. The van der Waals surface area contributed by atoms with E-state index in [1.165, 1.54) is 25.7 Å². The van der Waals surface area contributed by atoms with Crippen LogP contribution in [0.4, 0.5) is 0 Å². The Labute approximate surface area is 143 Å². The average Bonchev–Trinajstić information content (AvgIpc) is 2.95. The van der Waals surface area contributed by atoms with Gasteiger partial charge in [0.25, 0.3) is 5.91 Å². The molecule has 3 nitrogen and oxygen atoms in total. The zero-order valence-electron chi connectivity index (χ0n) is 13.4. The van der Waals surface area contributed by atoms with Crippen LogP contribution in [0, 0.1) is 0 Å². The molecule has 1 saturated carbocycles. The molecule has 1 aromatic rings. The van der Waals surface area contributed by atoms with Gasteiger partial charge >= 0.3 is 0 Å². The number of carbonyl (C=O) groups is 1. The average molecular weight is 344 g/mol. The molecular weight excluding hydrogens is 319 g/mol. The van der Waals surface area contributed by atoms with Crippen LogP contribution in [0.2, 0.25) is 10.0 Å². The number of hydrogen-bond acceptors (Lipinski definition) is 1. The molecule has 0 atom stereocenters. The lowest BCUT2D eigenvalue weighted by Crippen LogP contribution is -2.53. The van der Waals surface area contributed by atoms with Crippen LogP contribution >= 0.6 is 23.2 Å². The zero-order chi connectivity index (χ0) is 16.2. The van der Waals surface area contributed by atoms with Crippen LogP contribution in [-0.4, -0.2) is 43.6 Å². The summed E-state index contributed by atoms with van der Waals surface area (Å²) in [4.78, 5) is 12.2. The predicted octanol–water partition coefficient (Wildman–Crippen LogP) is 3.67. The Balaban J connectivity index is 1.77. The summed E-state index contributed by atoms with van der Waals surface area (Å²) >= 11 is 12.0. The standard InChI is InChI=1S/C17H24Cl2N2O/c1-21(2,15-5-3-4-6-15)12-17(22)20-10-9-13-7-8-14(18)11-16(13)19/h7-8,11,15H,3-6,9-10,12H2,1-2H3/p+1. The molecule has 1 amide bonds. The van der Waals surface area contributed by atoms with Crippen LogP contribution < -0.4 is 5.32 Å². The summed E-state index contributed by atoms with van der Waals surface area (Å²) in [6.07, 6.45) is 5.78. The minimum absolute atomic E-state index is 0.113. The van der Waals surface area contributed by atoms with Gasteiger partial charge < -0.3 is 9.80 Å². The first-order valence-electron chi connectivity index (χ1n) is 7.92. The second-order valence-corrected chi connectivity index (χ2v) is 7.55. The number of amides is 1. The fourth-order valence-electron chi connectivity index (χ4n) is 3.22. The Bertz CT molecular complexity index is 525. The first-order valence-corrected chi connectivity index (χ1v) is 8.67. The summed E-state index contributed by atoms with van der Waals surface area (Å²) in [5.41, 5.74) is 1.01. The number of nitrogens with zero attached hydrogens (tertiary/aromatic N) is 1. The molecule has 0 unspecified atom stereocenters. The second kappa shape index (κ2) is 7.67. The first-order chi connectivity index (χ1) is 10.4. The molecule has 1 N–H and O–H groups in total. The van der Waals surface area contributed by atoms with Crippen LogP contribution in [0.5, 0.6) is 0 Å². The molecule has 0 aliphatic heterocycles. The van der Waals surface area contributed by atoms with E-state index in [9.17, 15) is 4.79 Å². The highest BCUT2D eigenvalue weighted by atomic mass is 35.5. The van der Waals surface area contributed by atoms with E-state index in [0.29, 0.717) is 29.2 Å². The third kappa shape index (κ3) is 4.87. The normalized spacial score (nSPS) is 16.0. The third-order valence-electron chi connectivity index (χ3n) is 4.60. The van der Waals surface area contributed by atoms with Gasteiger partial charge in [-0.15, -0.1) is 0 Å². The predicted molar refractivity (Wildman–Crippen MR) is 92.4 cm³/mol. The van der Waals surface area contributed by atoms with Gasteiger partial charge in [0, 0.05) is 16.6 Å². The molecule has 1 aliphatic rings. The Kier molecular flexibility index (Phi) is 6.13. The van der Waals surface area contributed by atoms with Gasteiger partial charge in [-0.3, -0.25) is 4.79 Å². The van der Waals surface area contributed by atoms with Gasteiger partial charge in [-0.1, -0.05) is 29.3 Å². The van der Waals surface area contributed by atoms with Gasteiger partial charge in [0.1, 0.15) is 0 Å². The van der Waals surface area contributed by atoms with Crippen LogP contribution in [0.15, 0.2) is 18.2 Å². The fraction of sp³-hybridized carbons (Fsp3) is 0.588. The van der Waals surface area contributed by atoms with Crippen molar-refractivity contribution in [3.05, 3.63) is 33.8 Å². The van der Waals surface area contributed by atoms with E-state index in [0.717, 1.165) is 16.5 Å². The van der Waals surface area contributed by atoms with E-state index in [1.54, 1.807) is 6.07 Å². The monoisotopic (exact) mass is 343 g/mol. The third-order valence-corrected chi connectivity index (χ3v) is 5.18. The molecule has 122 valence electrons. The van der Waals surface area contributed by atoms with E-state index in [1.807, 2.05) is 12.1 Å². The Morgan fingerprint density at radius 2 is 1.95 bits per heavy atom. The molecule has 2 rings (SSSR count). The van der Waals surface area contributed by atoms with Gasteiger partial charge in [-0.25, -0.2) is 0 Å². The number of halogens is 2. The second-order valence-electron chi connectivity index (χ2n) is 6.71. The number of quaternary nitrogens is 1. The van der Waals surface area contributed by atoms with Gasteiger partial charge in [0.05, 0.1) is 20.1 Å². The molecule has 0 aromatic heterocycles. The number of rotatable bonds is 6. The van der Waals surface area contributed by atoms with Crippen molar-refractivity contribution < 1.29 is 9.28 Å². The highest BCUT2D eigenvalue weighted by Gasteiger charge is 2.32. The van der Waals surface area contributed by atoms with E-state index in [-0.39, 0.29) is 5.91 Å². The summed E-state index contributed by atoms with van der Waals surface area (Å²) in [7, 11) is 4.32. The number of nitrogens with one attached hydrogen (secondary N) is 1. The van der Waals surface area contributed by atoms with E-state index in [2.05, 4.69) is 19.4 Å². The molecule has 1 fully saturated rings. The maximum Gasteiger partial charge on any atom is 0.275 e. The van der Waals surface area contributed by atoms with Crippen molar-refractivity contribution in [1.82, 2.24) is 5.32 Å². The maximum atomic E-state index is 12.2. The van der Waals surface area contributed by atoms with Crippen molar-refractivity contribution >= 4 is 29.1 Å². The molecular formula is C17H25Cl2N2O+. The molecule has 1 aromatic carbocycles. The first kappa shape index (κ1) is 17.6. The Morgan fingerprint density at radius 3 is 2.59 bits per heavy atom.